The Bertz CT molecular complexity index is 1190. The molecule has 0 aliphatic carbocycles. The molecule has 3 aromatic carbocycles. The lowest BCUT2D eigenvalue weighted by molar-refractivity contribution is -0.112. The van der Waals surface area contributed by atoms with Crippen molar-refractivity contribution in [2.45, 2.75) is 6.61 Å². The van der Waals surface area contributed by atoms with Crippen LogP contribution in [-0.4, -0.2) is 5.91 Å². The monoisotopic (exact) mass is 534 g/mol. The highest BCUT2D eigenvalue weighted by atomic mass is 79.9. The predicted octanol–water partition coefficient (Wildman–Crippen LogP) is 7.53. The van der Waals surface area contributed by atoms with Gasteiger partial charge in [0.1, 0.15) is 24.0 Å². The van der Waals surface area contributed by atoms with Gasteiger partial charge in [-0.3, -0.25) is 4.79 Å². The molecule has 31 heavy (non-hydrogen) atoms. The molecule has 0 aliphatic rings. The molecule has 1 N–H and O–H groups in total. The number of benzene rings is 3. The molecule has 0 atom stereocenters. The Hall–Kier alpha value is -2.49. The van der Waals surface area contributed by atoms with E-state index in [4.69, 9.17) is 39.5 Å². The van der Waals surface area contributed by atoms with Crippen molar-refractivity contribution < 1.29 is 9.53 Å². The summed E-state index contributed by atoms with van der Waals surface area (Å²) in [6, 6.07) is 19.2. The van der Waals surface area contributed by atoms with Gasteiger partial charge >= 0.3 is 0 Å². The summed E-state index contributed by atoms with van der Waals surface area (Å²) in [5, 5.41) is 13.5. The zero-order chi connectivity index (χ0) is 22.4. The summed E-state index contributed by atoms with van der Waals surface area (Å²) >= 11 is 21.4. The SMILES string of the molecule is N#C/C(=C\c1cc(Br)ccc1OCc1ccc(Cl)cc1)C(=O)Nc1cc(Cl)ccc1Cl. The number of anilines is 1. The van der Waals surface area contributed by atoms with Crippen LogP contribution in [0, 0.1) is 11.3 Å². The summed E-state index contributed by atoms with van der Waals surface area (Å²) in [7, 11) is 0. The third-order valence-corrected chi connectivity index (χ3v) is 5.43. The minimum Gasteiger partial charge on any atom is -0.488 e. The minimum absolute atomic E-state index is 0.120. The average molecular weight is 537 g/mol. The number of carbonyl (C=O) groups excluding carboxylic acids is 1. The second kappa shape index (κ2) is 10.7. The van der Waals surface area contributed by atoms with E-state index in [-0.39, 0.29) is 5.57 Å². The Kier molecular flexibility index (Phi) is 8.00. The quantitative estimate of drug-likeness (QED) is 0.262. The molecule has 4 nitrogen and oxygen atoms in total. The van der Waals surface area contributed by atoms with E-state index < -0.39 is 5.91 Å². The summed E-state index contributed by atoms with van der Waals surface area (Å²) in [5.74, 6) is -0.102. The van der Waals surface area contributed by atoms with Crippen LogP contribution in [0.5, 0.6) is 5.75 Å². The molecule has 156 valence electrons. The molecule has 0 heterocycles. The Morgan fingerprint density at radius 3 is 2.45 bits per heavy atom. The number of nitrogens with one attached hydrogen (secondary N) is 1. The van der Waals surface area contributed by atoms with Crippen molar-refractivity contribution in [3.05, 3.63) is 96.9 Å². The minimum atomic E-state index is -0.615. The summed E-state index contributed by atoms with van der Waals surface area (Å²) in [6.45, 7) is 0.297. The number of halogens is 4. The lowest BCUT2D eigenvalue weighted by Gasteiger charge is -2.11. The second-order valence-corrected chi connectivity index (χ2v) is 8.54. The van der Waals surface area contributed by atoms with Crippen molar-refractivity contribution in [2.24, 2.45) is 0 Å². The third-order valence-electron chi connectivity index (χ3n) is 4.12. The lowest BCUT2D eigenvalue weighted by atomic mass is 10.1. The maximum absolute atomic E-state index is 12.7. The number of carbonyl (C=O) groups is 1. The second-order valence-electron chi connectivity index (χ2n) is 6.35. The van der Waals surface area contributed by atoms with Crippen molar-refractivity contribution in [3.63, 3.8) is 0 Å². The van der Waals surface area contributed by atoms with Gasteiger partial charge in [-0.1, -0.05) is 62.9 Å². The number of nitrogens with zero attached hydrogens (tertiary/aromatic N) is 1. The van der Waals surface area contributed by atoms with E-state index >= 15 is 0 Å². The molecule has 0 aliphatic heterocycles. The summed E-state index contributed by atoms with van der Waals surface area (Å²) < 4.78 is 6.68. The highest BCUT2D eigenvalue weighted by molar-refractivity contribution is 9.10. The summed E-state index contributed by atoms with van der Waals surface area (Å²) in [5.41, 5.74) is 1.68. The molecule has 0 bridgehead atoms. The lowest BCUT2D eigenvalue weighted by Crippen LogP contribution is -2.13. The van der Waals surface area contributed by atoms with Crippen LogP contribution < -0.4 is 10.1 Å². The van der Waals surface area contributed by atoms with Gasteiger partial charge in [0.05, 0.1) is 10.7 Å². The van der Waals surface area contributed by atoms with E-state index in [1.165, 1.54) is 12.1 Å². The molecular formula is C23H14BrCl3N2O2. The fraction of sp³-hybridized carbons (Fsp3) is 0.0435. The van der Waals surface area contributed by atoms with Gasteiger partial charge in [0.15, 0.2) is 0 Å². The average Bonchev–Trinajstić information content (AvgIpc) is 2.75. The maximum Gasteiger partial charge on any atom is 0.266 e. The summed E-state index contributed by atoms with van der Waals surface area (Å²) in [4.78, 5) is 12.7. The topological polar surface area (TPSA) is 62.1 Å². The van der Waals surface area contributed by atoms with Crippen LogP contribution in [0.4, 0.5) is 5.69 Å². The Morgan fingerprint density at radius 2 is 1.74 bits per heavy atom. The van der Waals surface area contributed by atoms with E-state index in [1.807, 2.05) is 24.3 Å². The van der Waals surface area contributed by atoms with Gasteiger partial charge in [-0.25, -0.2) is 0 Å². The molecular weight excluding hydrogens is 523 g/mol. The van der Waals surface area contributed by atoms with Crippen LogP contribution in [0.15, 0.2) is 70.7 Å². The van der Waals surface area contributed by atoms with Crippen molar-refractivity contribution in [1.82, 2.24) is 0 Å². The fourth-order valence-electron chi connectivity index (χ4n) is 2.59. The van der Waals surface area contributed by atoms with E-state index in [0.29, 0.717) is 38.7 Å². The first-order valence-electron chi connectivity index (χ1n) is 8.90. The van der Waals surface area contributed by atoms with Crippen molar-refractivity contribution in [2.75, 3.05) is 5.32 Å². The molecule has 0 aromatic heterocycles. The number of rotatable bonds is 6. The molecule has 0 fully saturated rings. The van der Waals surface area contributed by atoms with Gasteiger partial charge in [0.25, 0.3) is 5.91 Å². The molecule has 3 aromatic rings. The molecule has 3 rings (SSSR count). The fourth-order valence-corrected chi connectivity index (χ4v) is 3.43. The van der Waals surface area contributed by atoms with Crippen LogP contribution in [0.1, 0.15) is 11.1 Å². The van der Waals surface area contributed by atoms with Crippen molar-refractivity contribution in [1.29, 1.82) is 5.26 Å². The van der Waals surface area contributed by atoms with E-state index in [0.717, 1.165) is 10.0 Å². The first-order valence-corrected chi connectivity index (χ1v) is 10.8. The van der Waals surface area contributed by atoms with Gasteiger partial charge in [0, 0.05) is 20.1 Å². The third kappa shape index (κ3) is 6.49. The zero-order valence-corrected chi connectivity index (χ0v) is 19.7. The molecule has 1 amide bonds. The standard InChI is InChI=1S/C23H14BrCl3N2O2/c24-17-3-8-22(31-13-14-1-4-18(25)5-2-14)15(10-17)9-16(12-28)23(30)29-21-11-19(26)6-7-20(21)27/h1-11H,13H2,(H,29,30)/b16-9+. The van der Waals surface area contributed by atoms with Crippen molar-refractivity contribution >= 4 is 68.4 Å². The first kappa shape index (κ1) is 23.2. The molecule has 8 heteroatoms. The van der Waals surface area contributed by atoms with Gasteiger partial charge in [-0.2, -0.15) is 5.26 Å². The number of amides is 1. The van der Waals surface area contributed by atoms with E-state index in [1.54, 1.807) is 36.4 Å². The normalized spacial score (nSPS) is 11.0. The highest BCUT2D eigenvalue weighted by Crippen LogP contribution is 2.28. The smallest absolute Gasteiger partial charge is 0.266 e. The Balaban J connectivity index is 1.84. The van der Waals surface area contributed by atoms with Gasteiger partial charge in [-0.15, -0.1) is 0 Å². The molecule has 0 saturated heterocycles. The zero-order valence-electron chi connectivity index (χ0n) is 15.8. The van der Waals surface area contributed by atoms with Crippen LogP contribution in [-0.2, 0) is 11.4 Å². The highest BCUT2D eigenvalue weighted by Gasteiger charge is 2.14. The van der Waals surface area contributed by atoms with Gasteiger partial charge in [0.2, 0.25) is 0 Å². The summed E-state index contributed by atoms with van der Waals surface area (Å²) in [6.07, 6.45) is 1.45. The molecule has 0 unspecified atom stereocenters. The van der Waals surface area contributed by atoms with Gasteiger partial charge < -0.3 is 10.1 Å². The molecule has 0 saturated carbocycles. The van der Waals surface area contributed by atoms with Crippen LogP contribution in [0.3, 0.4) is 0 Å². The van der Waals surface area contributed by atoms with Crippen molar-refractivity contribution in [3.8, 4) is 11.8 Å². The Morgan fingerprint density at radius 1 is 1.03 bits per heavy atom. The Labute approximate surface area is 203 Å². The van der Waals surface area contributed by atoms with E-state index in [2.05, 4.69) is 21.2 Å². The number of hydrogen-bond donors (Lipinski definition) is 1. The van der Waals surface area contributed by atoms with Crippen LogP contribution in [0.2, 0.25) is 15.1 Å². The maximum atomic E-state index is 12.7. The first-order chi connectivity index (χ1) is 14.9. The number of nitriles is 1. The molecule has 0 spiro atoms. The van der Waals surface area contributed by atoms with Crippen LogP contribution >= 0.6 is 50.7 Å². The van der Waals surface area contributed by atoms with Gasteiger partial charge in [-0.05, 0) is 60.2 Å². The van der Waals surface area contributed by atoms with E-state index in [9.17, 15) is 10.1 Å². The number of ether oxygens (including phenoxy) is 1. The molecule has 0 radical (unpaired) electrons. The largest absolute Gasteiger partial charge is 0.488 e. The number of hydrogen-bond acceptors (Lipinski definition) is 3. The predicted molar refractivity (Wildman–Crippen MR) is 129 cm³/mol. The van der Waals surface area contributed by atoms with Crippen LogP contribution in [0.25, 0.3) is 6.08 Å².